The Morgan fingerprint density at radius 2 is 0.944 bits per heavy atom. The summed E-state index contributed by atoms with van der Waals surface area (Å²) >= 11 is 23.7. The Morgan fingerprint density at radius 1 is 0.544 bits per heavy atom. The number of aromatic nitrogens is 3. The largest absolute Gasteiger partial charge is 2.00 e. The SMILES string of the molecule is C.C#Cc1sc(-c2sc(Br)cc2CCCCCC)cc1CCCCCC.CCCCCCc1cc(-c2sc(Br)cc2CCCCCC)sc1-c1cn(CCOCCOC)nn1.CCCCCCc1cc(Br)sc1Br.COCCOCCN=[N+]=[N-].C[C-](C)C.[Cl-].[Mg+2]. The van der Waals surface area contributed by atoms with Gasteiger partial charge in [-0.2, -0.15) is 20.8 Å². The number of ether oxygens (including phenoxy) is 4. The zero-order valence-corrected chi connectivity index (χ0v) is 67.9. The number of terminal acetylenes is 1. The van der Waals surface area contributed by atoms with Crippen LogP contribution in [0.3, 0.4) is 0 Å². The van der Waals surface area contributed by atoms with Gasteiger partial charge < -0.3 is 37.3 Å². The quantitative estimate of drug-likeness (QED) is 0.00720. The van der Waals surface area contributed by atoms with E-state index in [0.29, 0.717) is 52.7 Å². The van der Waals surface area contributed by atoms with Crippen LogP contribution >= 0.6 is 120 Å². The van der Waals surface area contributed by atoms with Crippen molar-refractivity contribution in [3.05, 3.63) is 101 Å². The number of hydrogen-bond donors (Lipinski definition) is 0. The first-order valence-electron chi connectivity index (χ1n) is 31.8. The summed E-state index contributed by atoms with van der Waals surface area (Å²) in [7, 11) is 3.29. The smallest absolute Gasteiger partial charge is 1.00 e. The maximum Gasteiger partial charge on any atom is 2.00 e. The molecule has 0 saturated heterocycles. The summed E-state index contributed by atoms with van der Waals surface area (Å²) in [6.45, 7) is 22.1. The normalized spacial score (nSPS) is 10.5. The number of azide groups is 1. The molecule has 0 amide bonds. The summed E-state index contributed by atoms with van der Waals surface area (Å²) in [5, 5.41) is 12.2. The third-order valence-corrected chi connectivity index (χ3v) is 22.0. The van der Waals surface area contributed by atoms with E-state index < -0.39 is 0 Å². The molecule has 0 unspecified atom stereocenters. The molecule has 0 radical (unpaired) electrons. The Bertz CT molecular complexity index is 2770. The summed E-state index contributed by atoms with van der Waals surface area (Å²) in [6.07, 6.45) is 39.5. The molecule has 90 heavy (non-hydrogen) atoms. The zero-order chi connectivity index (χ0) is 63.9. The molecule has 6 aromatic rings. The van der Waals surface area contributed by atoms with Crippen LogP contribution < -0.4 is 12.4 Å². The molecule has 0 fully saturated rings. The molecular weight excluding hydrogens is 1520 g/mol. The maximum absolute atomic E-state index is 7.85. The molecular formula is C69H107Br4ClMgN6O4S5. The van der Waals surface area contributed by atoms with Crippen molar-refractivity contribution in [2.24, 2.45) is 5.11 Å². The maximum atomic E-state index is 7.85. The Morgan fingerprint density at radius 3 is 1.37 bits per heavy atom. The van der Waals surface area contributed by atoms with Crippen LogP contribution in [0.1, 0.15) is 224 Å². The molecule has 0 atom stereocenters. The Kier molecular flexibility index (Phi) is 60.5. The van der Waals surface area contributed by atoms with Crippen molar-refractivity contribution in [3.8, 4) is 42.4 Å². The van der Waals surface area contributed by atoms with Gasteiger partial charge in [-0.15, -0.1) is 68.2 Å². The molecule has 0 spiro atoms. The van der Waals surface area contributed by atoms with Crippen molar-refractivity contribution in [1.82, 2.24) is 15.0 Å². The van der Waals surface area contributed by atoms with E-state index in [0.717, 1.165) is 29.8 Å². The Hall–Kier alpha value is -0.674. The van der Waals surface area contributed by atoms with Gasteiger partial charge in [0, 0.05) is 45.2 Å². The van der Waals surface area contributed by atoms with Gasteiger partial charge in [0.05, 0.1) is 77.3 Å². The second-order valence-corrected chi connectivity index (χ2v) is 32.5. The minimum atomic E-state index is 0. The van der Waals surface area contributed by atoms with Gasteiger partial charge in [0.25, 0.3) is 0 Å². The summed E-state index contributed by atoms with van der Waals surface area (Å²) < 4.78 is 27.2. The van der Waals surface area contributed by atoms with Crippen LogP contribution in [-0.4, -0.2) is 98.5 Å². The number of halogens is 5. The molecule has 0 aliphatic carbocycles. The van der Waals surface area contributed by atoms with E-state index in [1.54, 1.807) is 36.9 Å². The van der Waals surface area contributed by atoms with Crippen LogP contribution in [0.25, 0.3) is 40.5 Å². The minimum absolute atomic E-state index is 0. The molecule has 6 rings (SSSR count). The second-order valence-electron chi connectivity index (χ2n) is 21.8. The average molecular weight is 1620 g/mol. The monoisotopic (exact) mass is 1620 g/mol. The summed E-state index contributed by atoms with van der Waals surface area (Å²) in [5.74, 6) is 4.34. The van der Waals surface area contributed by atoms with Crippen molar-refractivity contribution < 1.29 is 31.4 Å². The number of thiophene rings is 5. The Labute approximate surface area is 621 Å². The number of methoxy groups -OCH3 is 2. The van der Waals surface area contributed by atoms with E-state index in [-0.39, 0.29) is 42.9 Å². The van der Waals surface area contributed by atoms with Gasteiger partial charge in [0.2, 0.25) is 0 Å². The molecule has 6 heterocycles. The van der Waals surface area contributed by atoms with Crippen molar-refractivity contribution in [2.45, 2.75) is 230 Å². The van der Waals surface area contributed by atoms with Crippen LogP contribution in [-0.2, 0) is 57.6 Å². The number of rotatable bonds is 40. The van der Waals surface area contributed by atoms with Crippen LogP contribution in [0.5, 0.6) is 0 Å². The van der Waals surface area contributed by atoms with E-state index in [1.807, 2.05) is 38.7 Å². The molecule has 21 heteroatoms. The molecule has 0 aliphatic heterocycles. The molecule has 6 aromatic heterocycles. The van der Waals surface area contributed by atoms with Crippen molar-refractivity contribution in [1.29, 1.82) is 0 Å². The predicted octanol–water partition coefficient (Wildman–Crippen LogP) is 22.1. The van der Waals surface area contributed by atoms with Crippen LogP contribution in [0.15, 0.2) is 56.8 Å². The van der Waals surface area contributed by atoms with Crippen molar-refractivity contribution in [3.63, 3.8) is 0 Å². The summed E-state index contributed by atoms with van der Waals surface area (Å²) in [6, 6.07) is 11.6. The van der Waals surface area contributed by atoms with Crippen molar-refractivity contribution in [2.75, 3.05) is 60.4 Å². The Balaban J connectivity index is 0. The van der Waals surface area contributed by atoms with E-state index in [4.69, 9.17) is 30.9 Å². The van der Waals surface area contributed by atoms with Gasteiger partial charge in [-0.1, -0.05) is 155 Å². The first kappa shape index (κ1) is 91.4. The van der Waals surface area contributed by atoms with Gasteiger partial charge in [-0.25, -0.2) is 4.68 Å². The van der Waals surface area contributed by atoms with Crippen LogP contribution in [0.2, 0.25) is 0 Å². The molecule has 0 aliphatic rings. The minimum Gasteiger partial charge on any atom is -1.00 e. The molecule has 0 saturated carbocycles. The average Bonchev–Trinajstić information content (AvgIpc) is 2.94. The van der Waals surface area contributed by atoms with Gasteiger partial charge in [-0.3, -0.25) is 0 Å². The van der Waals surface area contributed by atoms with Gasteiger partial charge in [0.1, 0.15) is 5.69 Å². The number of hydrogen-bond acceptors (Lipinski definition) is 12. The van der Waals surface area contributed by atoms with E-state index in [2.05, 4.69) is 182 Å². The topological polar surface area (TPSA) is 116 Å². The fourth-order valence-electron chi connectivity index (χ4n) is 8.93. The fourth-order valence-corrected chi connectivity index (χ4v) is 17.7. The van der Waals surface area contributed by atoms with Gasteiger partial charge in [-0.05, 0) is 192 Å². The standard InChI is InChI=1S/C27H40BrN3O2S2.C22H29BrS2.C10H14Br2S.C5H11N3O2.C4H9.CH4.ClH.Mg/c1-4-6-8-10-12-21-18-24(27-22(19-25(28)35-27)13-11-9-7-5-2)34-26(21)23-20-31(30-29-23)14-15-33-17-16-32-3;1-4-7-9-11-13-17-15-20(24-19(17)6-3)22-18(16-21(23)25-22)14-12-10-8-5-2;1-2-3-4-5-6-8-7-9(11)13-10(8)12;1-9-4-5-10-3-2-7-8-6;1-4(2)3;;;/h18-20H,4-17H2,1-3H3;3,15-16H,4-5,7-14H2,1-2H3;7H,2-6H2,1H3;2-5H2,1H3;1-3H3;1H4;1H;/q;;;;-1;;;+2/p-1. The van der Waals surface area contributed by atoms with Crippen molar-refractivity contribution >= 4 is 143 Å². The number of aryl methyl sites for hydroxylation is 5. The third kappa shape index (κ3) is 40.8. The molecule has 504 valence electrons. The first-order chi connectivity index (χ1) is 42.2. The summed E-state index contributed by atoms with van der Waals surface area (Å²) in [4.78, 5) is 10.5. The first-order valence-corrected chi connectivity index (χ1v) is 39.0. The molecule has 0 bridgehead atoms. The third-order valence-electron chi connectivity index (χ3n) is 13.5. The van der Waals surface area contributed by atoms with E-state index in [9.17, 15) is 0 Å². The fraction of sp³-hybridized carbons (Fsp3) is 0.638. The van der Waals surface area contributed by atoms with E-state index in [1.165, 1.54) is 215 Å². The zero-order valence-electron chi connectivity index (χ0n) is 55.3. The van der Waals surface area contributed by atoms with Gasteiger partial charge in [0.15, 0.2) is 0 Å². The van der Waals surface area contributed by atoms with Gasteiger partial charge >= 0.3 is 23.1 Å². The summed E-state index contributed by atoms with van der Waals surface area (Å²) in [5.41, 5.74) is 16.0. The van der Waals surface area contributed by atoms with Crippen LogP contribution in [0, 0.1) is 18.3 Å². The second kappa shape index (κ2) is 59.6. The predicted molar refractivity (Wildman–Crippen MR) is 409 cm³/mol. The molecule has 0 aromatic carbocycles. The number of nitrogens with zero attached hydrogens (tertiary/aromatic N) is 6. The molecule has 0 N–H and O–H groups in total. The number of unbranched alkanes of at least 4 members (excludes halogenated alkanes) is 15. The van der Waals surface area contributed by atoms with Crippen LogP contribution in [0.4, 0.5) is 0 Å². The van der Waals surface area contributed by atoms with E-state index >= 15 is 0 Å². The molecule has 10 nitrogen and oxygen atoms in total.